The van der Waals surface area contributed by atoms with Crippen LogP contribution >= 0.6 is 11.6 Å². The van der Waals surface area contributed by atoms with Gasteiger partial charge in [-0.15, -0.1) is 0 Å². The zero-order valence-corrected chi connectivity index (χ0v) is 20.9. The number of ketones is 1. The first-order valence-corrected chi connectivity index (χ1v) is 11.4. The molecule has 0 spiro atoms. The van der Waals surface area contributed by atoms with Crippen LogP contribution in [0.3, 0.4) is 0 Å². The fourth-order valence-corrected chi connectivity index (χ4v) is 4.72. The van der Waals surface area contributed by atoms with Crippen LogP contribution in [0.1, 0.15) is 35.0 Å². The van der Waals surface area contributed by atoms with E-state index < -0.39 is 5.97 Å². The van der Waals surface area contributed by atoms with Gasteiger partial charge >= 0.3 is 5.97 Å². The molecule has 0 radical (unpaired) electrons. The van der Waals surface area contributed by atoms with Gasteiger partial charge < -0.3 is 14.2 Å². The van der Waals surface area contributed by atoms with Gasteiger partial charge in [0.15, 0.2) is 0 Å². The highest BCUT2D eigenvalue weighted by molar-refractivity contribution is 6.31. The molecule has 0 unspecified atom stereocenters. The summed E-state index contributed by atoms with van der Waals surface area (Å²) in [5.41, 5.74) is 8.12. The van der Waals surface area contributed by atoms with Crippen molar-refractivity contribution in [1.82, 2.24) is 4.57 Å². The average Bonchev–Trinajstić information content (AvgIpc) is 3.20. The number of allylic oxidation sites excluding steroid dienone is 2. The minimum Gasteiger partial charge on any atom is -0.465 e. The molecule has 1 aromatic heterocycles. The van der Waals surface area contributed by atoms with E-state index in [4.69, 9.17) is 16.3 Å². The Bertz CT molecular complexity index is 1380. The second-order valence-corrected chi connectivity index (χ2v) is 9.01. The first-order chi connectivity index (χ1) is 16.1. The van der Waals surface area contributed by atoms with E-state index in [2.05, 4.69) is 42.7 Å². The van der Waals surface area contributed by atoms with Crippen molar-refractivity contribution in [2.75, 3.05) is 12.0 Å². The third-order valence-electron chi connectivity index (χ3n) is 6.23. The van der Waals surface area contributed by atoms with Crippen molar-refractivity contribution in [3.05, 3.63) is 98.6 Å². The van der Waals surface area contributed by atoms with Crippen molar-refractivity contribution in [3.8, 4) is 5.69 Å². The van der Waals surface area contributed by atoms with Gasteiger partial charge in [-0.25, -0.2) is 4.79 Å². The predicted octanol–water partition coefficient (Wildman–Crippen LogP) is 6.24. The van der Waals surface area contributed by atoms with Gasteiger partial charge in [-0.05, 0) is 88.2 Å². The Balaban J connectivity index is 1.88. The zero-order chi connectivity index (χ0) is 24.7. The summed E-state index contributed by atoms with van der Waals surface area (Å²) in [5.74, 6) is -1.01. The second-order valence-electron chi connectivity index (χ2n) is 8.57. The van der Waals surface area contributed by atoms with E-state index in [1.807, 2.05) is 32.1 Å². The monoisotopic (exact) mass is 474 g/mol. The number of hydrogen-bond acceptors (Lipinski definition) is 4. The minimum absolute atomic E-state index is 0.0342. The molecule has 0 N–H and O–H groups in total. The molecule has 0 aliphatic carbocycles. The summed E-state index contributed by atoms with van der Waals surface area (Å²) in [6.07, 6.45) is 1.85. The van der Waals surface area contributed by atoms with E-state index in [0.29, 0.717) is 16.4 Å². The summed E-state index contributed by atoms with van der Waals surface area (Å²) in [5, 5.41) is 0.589. The lowest BCUT2D eigenvalue weighted by atomic mass is 10.1. The van der Waals surface area contributed by atoms with Crippen molar-refractivity contribution in [2.24, 2.45) is 0 Å². The molecule has 1 aliphatic heterocycles. The topological polar surface area (TPSA) is 51.5 Å². The summed E-state index contributed by atoms with van der Waals surface area (Å²) in [6.45, 7) is 10.0. The second kappa shape index (κ2) is 8.99. The molecule has 4 rings (SSSR count). The van der Waals surface area contributed by atoms with Crippen LogP contribution in [0.4, 0.5) is 5.69 Å². The molecular weight excluding hydrogens is 448 g/mol. The van der Waals surface area contributed by atoms with E-state index in [1.54, 1.807) is 24.0 Å². The number of ether oxygens (including phenoxy) is 1. The van der Waals surface area contributed by atoms with Crippen molar-refractivity contribution in [1.29, 1.82) is 0 Å². The number of aromatic nitrogens is 1. The number of rotatable bonds is 4. The lowest BCUT2D eigenvalue weighted by molar-refractivity contribution is -0.137. The Morgan fingerprint density at radius 1 is 0.971 bits per heavy atom. The average molecular weight is 475 g/mol. The van der Waals surface area contributed by atoms with Crippen LogP contribution in [-0.2, 0) is 14.3 Å². The maximum Gasteiger partial charge on any atom is 0.343 e. The molecule has 5 nitrogen and oxygen atoms in total. The van der Waals surface area contributed by atoms with Crippen LogP contribution in [0.5, 0.6) is 0 Å². The molecule has 1 aliphatic rings. The van der Waals surface area contributed by atoms with E-state index >= 15 is 0 Å². The number of anilines is 1. The fraction of sp³-hybridized carbons (Fsp3) is 0.214. The van der Waals surface area contributed by atoms with E-state index in [9.17, 15) is 9.59 Å². The van der Waals surface area contributed by atoms with Crippen LogP contribution in [-0.4, -0.2) is 23.4 Å². The van der Waals surface area contributed by atoms with Gasteiger partial charge in [-0.3, -0.25) is 4.79 Å². The Morgan fingerprint density at radius 3 is 2.26 bits per heavy atom. The third kappa shape index (κ3) is 3.97. The van der Waals surface area contributed by atoms with Crippen LogP contribution in [0.25, 0.3) is 11.8 Å². The number of Topliss-reactive ketones (excluding diaryl/α,β-unsaturated/α-hetero) is 1. The Morgan fingerprint density at radius 2 is 1.65 bits per heavy atom. The molecule has 0 saturated heterocycles. The molecule has 174 valence electrons. The number of benzene rings is 2. The first kappa shape index (κ1) is 23.6. The van der Waals surface area contributed by atoms with Gasteiger partial charge in [0.25, 0.3) is 0 Å². The van der Waals surface area contributed by atoms with Gasteiger partial charge in [0, 0.05) is 33.5 Å². The summed E-state index contributed by atoms with van der Waals surface area (Å²) in [7, 11) is 1.28. The van der Waals surface area contributed by atoms with Crippen molar-refractivity contribution >= 4 is 35.1 Å². The van der Waals surface area contributed by atoms with Crippen LogP contribution < -0.4 is 4.90 Å². The number of esters is 1. The largest absolute Gasteiger partial charge is 0.465 e. The Kier molecular flexibility index (Phi) is 6.24. The summed E-state index contributed by atoms with van der Waals surface area (Å²) < 4.78 is 7.10. The molecule has 0 bridgehead atoms. The van der Waals surface area contributed by atoms with Gasteiger partial charge in [-0.2, -0.15) is 0 Å². The van der Waals surface area contributed by atoms with Crippen molar-refractivity contribution < 1.29 is 14.3 Å². The molecule has 6 heteroatoms. The third-order valence-corrected chi connectivity index (χ3v) is 6.48. The molecule has 2 heterocycles. The number of methoxy groups -OCH3 is 1. The first-order valence-electron chi connectivity index (χ1n) is 11.0. The molecule has 0 fully saturated rings. The molecule has 0 amide bonds. The van der Waals surface area contributed by atoms with Crippen molar-refractivity contribution in [3.63, 3.8) is 0 Å². The molecule has 2 aromatic carbocycles. The number of aryl methyl sites for hydroxylation is 3. The lowest BCUT2D eigenvalue weighted by Gasteiger charge is -2.21. The highest BCUT2D eigenvalue weighted by Crippen LogP contribution is 2.37. The number of carbonyl (C=O) groups is 2. The summed E-state index contributed by atoms with van der Waals surface area (Å²) in [6, 6.07) is 15.6. The molecular formula is C28H27ClN2O3. The van der Waals surface area contributed by atoms with E-state index in [0.717, 1.165) is 28.3 Å². The Hall–Kier alpha value is -3.57. The number of hydrogen-bond donors (Lipinski definition) is 0. The molecule has 3 aromatic rings. The fourth-order valence-electron chi connectivity index (χ4n) is 4.59. The molecule has 34 heavy (non-hydrogen) atoms. The normalized spacial score (nSPS) is 15.0. The van der Waals surface area contributed by atoms with E-state index in [-0.39, 0.29) is 11.4 Å². The smallest absolute Gasteiger partial charge is 0.343 e. The highest BCUT2D eigenvalue weighted by Gasteiger charge is 2.38. The molecule has 0 saturated carbocycles. The van der Waals surface area contributed by atoms with Gasteiger partial charge in [0.1, 0.15) is 5.57 Å². The summed E-state index contributed by atoms with van der Waals surface area (Å²) >= 11 is 6.08. The summed E-state index contributed by atoms with van der Waals surface area (Å²) in [4.78, 5) is 27.7. The van der Waals surface area contributed by atoms with Gasteiger partial charge in [0.2, 0.25) is 5.78 Å². The maximum absolute atomic E-state index is 13.4. The van der Waals surface area contributed by atoms with Crippen molar-refractivity contribution in [2.45, 2.75) is 34.6 Å². The van der Waals surface area contributed by atoms with E-state index in [1.165, 1.54) is 18.2 Å². The lowest BCUT2D eigenvalue weighted by Crippen LogP contribution is -2.18. The number of halogens is 1. The van der Waals surface area contributed by atoms with Crippen LogP contribution in [0.15, 0.2) is 65.5 Å². The zero-order valence-electron chi connectivity index (χ0n) is 20.2. The SMILES string of the molecule is COC(=O)C1=C(C)N(c2ccc(Cl)cc2)/C(=C/c2cc(C)n(-c3ccc(C)cc3C)c2C)C1=O. The number of nitrogens with zero attached hydrogens (tertiary/aromatic N) is 2. The molecule has 0 atom stereocenters. The van der Waals surface area contributed by atoms with Crippen LogP contribution in [0, 0.1) is 27.7 Å². The highest BCUT2D eigenvalue weighted by atomic mass is 35.5. The standard InChI is InChI=1S/C28H27ClN2O3/c1-16-7-12-24(17(2)13-16)30-18(3)14-21(19(30)4)15-25-27(32)26(28(33)34-6)20(5)31(25)23-10-8-22(29)9-11-23/h7-15H,1-6H3/b25-15+. The van der Waals surface area contributed by atoms with Gasteiger partial charge in [0.05, 0.1) is 12.8 Å². The van der Waals surface area contributed by atoms with Gasteiger partial charge in [-0.1, -0.05) is 29.3 Å². The van der Waals surface area contributed by atoms with Crippen LogP contribution in [0.2, 0.25) is 5.02 Å². The number of carbonyl (C=O) groups excluding carboxylic acids is 2. The minimum atomic E-state index is -0.648. The predicted molar refractivity (Wildman–Crippen MR) is 136 cm³/mol. The Labute approximate surface area is 204 Å². The maximum atomic E-state index is 13.4. The quantitative estimate of drug-likeness (QED) is 0.255.